The first-order chi connectivity index (χ1) is 22.7. The fraction of sp³-hybridized carbons (Fsp3) is 0.778. The summed E-state index contributed by atoms with van der Waals surface area (Å²) in [5.41, 5.74) is 6.08. The fourth-order valence-corrected chi connectivity index (χ4v) is 6.23. The van der Waals surface area contributed by atoms with E-state index in [0.717, 1.165) is 37.7 Å². The molecule has 0 spiro atoms. The van der Waals surface area contributed by atoms with Gasteiger partial charge >= 0.3 is 6.03 Å². The molecule has 0 saturated heterocycles. The molecule has 11 heteroatoms. The number of aryl methyl sites for hydroxylation is 1. The van der Waals surface area contributed by atoms with Crippen LogP contribution in [-0.2, 0) is 14.8 Å². The molecule has 1 aromatic carbocycles. The van der Waals surface area contributed by atoms with Gasteiger partial charge in [-0.15, -0.1) is 0 Å². The molecule has 1 fully saturated rings. The summed E-state index contributed by atoms with van der Waals surface area (Å²) in [5, 5.41) is 21.8. The second-order valence-electron chi connectivity index (χ2n) is 12.6. The van der Waals surface area contributed by atoms with Crippen molar-refractivity contribution in [2.75, 3.05) is 26.3 Å². The number of carbonyl (C=O) groups is 2. The summed E-state index contributed by atoms with van der Waals surface area (Å²) in [6, 6.07) is 5.83. The highest BCUT2D eigenvalue weighted by Gasteiger charge is 2.20. The normalized spacial score (nSPS) is 13.1. The van der Waals surface area contributed by atoms with Gasteiger partial charge in [0.2, 0.25) is 5.91 Å². The maximum Gasteiger partial charge on any atom is 0.328 e. The second kappa shape index (κ2) is 31.1. The monoisotopic (exact) mass is 684 g/mol. The van der Waals surface area contributed by atoms with Crippen LogP contribution in [0.15, 0.2) is 29.2 Å². The SMILES string of the molecule is CCCCCCCCCCCCCCCCCC(N)=O.Cc1ccc(S(=O)(=O)NC(=O)NC2CCCCC2)cc1.OCCNCCO. The van der Waals surface area contributed by atoms with Crippen molar-refractivity contribution < 1.29 is 28.2 Å². The van der Waals surface area contributed by atoms with Crippen molar-refractivity contribution in [2.45, 2.75) is 160 Å². The van der Waals surface area contributed by atoms with Crippen molar-refractivity contribution in [3.8, 4) is 0 Å². The van der Waals surface area contributed by atoms with Crippen LogP contribution in [0.3, 0.4) is 0 Å². The number of nitrogens with two attached hydrogens (primary N) is 1. The first kappa shape index (κ1) is 44.8. The molecule has 10 nitrogen and oxygen atoms in total. The Morgan fingerprint density at radius 3 is 1.62 bits per heavy atom. The number of rotatable bonds is 23. The van der Waals surface area contributed by atoms with Gasteiger partial charge in [0, 0.05) is 25.6 Å². The Morgan fingerprint density at radius 1 is 0.745 bits per heavy atom. The van der Waals surface area contributed by atoms with Crippen LogP contribution in [0.2, 0.25) is 0 Å². The van der Waals surface area contributed by atoms with Crippen molar-refractivity contribution in [3.05, 3.63) is 29.8 Å². The van der Waals surface area contributed by atoms with Crippen molar-refractivity contribution >= 4 is 22.0 Å². The van der Waals surface area contributed by atoms with Crippen LogP contribution < -0.4 is 21.1 Å². The van der Waals surface area contributed by atoms with Gasteiger partial charge in [0.1, 0.15) is 0 Å². The summed E-state index contributed by atoms with van der Waals surface area (Å²) in [6.45, 7) is 5.57. The minimum absolute atomic E-state index is 0.0805. The number of amides is 3. The molecule has 0 unspecified atom stereocenters. The Kier molecular flexibility index (Phi) is 29.6. The maximum atomic E-state index is 12.0. The zero-order chi connectivity index (χ0) is 35.0. The average Bonchev–Trinajstić information content (AvgIpc) is 3.04. The third-order valence-electron chi connectivity index (χ3n) is 8.10. The van der Waals surface area contributed by atoms with Gasteiger partial charge in [-0.05, 0) is 38.3 Å². The zero-order valence-electron chi connectivity index (χ0n) is 29.6. The first-order valence-corrected chi connectivity index (χ1v) is 19.7. The molecule has 0 heterocycles. The maximum absolute atomic E-state index is 12.0. The number of carbonyl (C=O) groups excluding carboxylic acids is 2. The highest BCUT2D eigenvalue weighted by molar-refractivity contribution is 7.90. The lowest BCUT2D eigenvalue weighted by molar-refractivity contribution is -0.118. The lowest BCUT2D eigenvalue weighted by atomic mass is 9.96. The number of sulfonamides is 1. The second-order valence-corrected chi connectivity index (χ2v) is 14.3. The van der Waals surface area contributed by atoms with Crippen LogP contribution in [0, 0.1) is 6.92 Å². The predicted molar refractivity (Wildman–Crippen MR) is 193 cm³/mol. The number of aliphatic hydroxyl groups is 2. The van der Waals surface area contributed by atoms with Crippen LogP contribution in [0.1, 0.15) is 147 Å². The predicted octanol–water partition coefficient (Wildman–Crippen LogP) is 6.61. The minimum atomic E-state index is -3.79. The number of primary amides is 1. The number of benzene rings is 1. The molecule has 7 N–H and O–H groups in total. The van der Waals surface area contributed by atoms with Gasteiger partial charge in [-0.25, -0.2) is 17.9 Å². The van der Waals surface area contributed by atoms with E-state index in [-0.39, 0.29) is 30.1 Å². The molecule has 1 aliphatic carbocycles. The molecule has 0 atom stereocenters. The van der Waals surface area contributed by atoms with E-state index in [0.29, 0.717) is 19.5 Å². The summed E-state index contributed by atoms with van der Waals surface area (Å²) >= 11 is 0. The molecule has 3 amide bonds. The molecule has 0 aromatic heterocycles. The number of unbranched alkanes of at least 4 members (excludes halogenated alkanes) is 14. The molecular weight excluding hydrogens is 616 g/mol. The summed E-state index contributed by atoms with van der Waals surface area (Å²) in [6.07, 6.45) is 26.1. The summed E-state index contributed by atoms with van der Waals surface area (Å²) < 4.78 is 26.1. The summed E-state index contributed by atoms with van der Waals surface area (Å²) in [5.74, 6) is -0.153. The van der Waals surface area contributed by atoms with E-state index in [1.54, 1.807) is 12.1 Å². The van der Waals surface area contributed by atoms with Crippen LogP contribution in [-0.4, -0.2) is 62.9 Å². The van der Waals surface area contributed by atoms with Gasteiger partial charge < -0.3 is 26.6 Å². The van der Waals surface area contributed by atoms with E-state index in [2.05, 4.69) is 22.3 Å². The number of nitrogens with one attached hydrogen (secondary N) is 3. The number of hydrogen-bond acceptors (Lipinski definition) is 7. The van der Waals surface area contributed by atoms with E-state index >= 15 is 0 Å². The van der Waals surface area contributed by atoms with Gasteiger partial charge in [0.15, 0.2) is 0 Å². The Bertz CT molecular complexity index is 982. The van der Waals surface area contributed by atoms with Crippen LogP contribution >= 0.6 is 0 Å². The highest BCUT2D eigenvalue weighted by atomic mass is 32.2. The van der Waals surface area contributed by atoms with Crippen LogP contribution in [0.25, 0.3) is 0 Å². The van der Waals surface area contributed by atoms with Crippen molar-refractivity contribution in [2.24, 2.45) is 5.73 Å². The van der Waals surface area contributed by atoms with E-state index in [4.69, 9.17) is 15.9 Å². The molecule has 0 aliphatic heterocycles. The molecule has 0 bridgehead atoms. The van der Waals surface area contributed by atoms with Gasteiger partial charge in [-0.1, -0.05) is 134 Å². The quantitative estimate of drug-likeness (QED) is 0.0705. The van der Waals surface area contributed by atoms with Crippen molar-refractivity contribution in [3.63, 3.8) is 0 Å². The van der Waals surface area contributed by atoms with Gasteiger partial charge in [0.25, 0.3) is 10.0 Å². The largest absolute Gasteiger partial charge is 0.395 e. The summed E-state index contributed by atoms with van der Waals surface area (Å²) in [7, 11) is -3.79. The molecule has 47 heavy (non-hydrogen) atoms. The van der Waals surface area contributed by atoms with Crippen LogP contribution in [0.4, 0.5) is 4.79 Å². The first-order valence-electron chi connectivity index (χ1n) is 18.3. The Morgan fingerprint density at radius 2 is 1.19 bits per heavy atom. The molecule has 0 radical (unpaired) electrons. The van der Waals surface area contributed by atoms with Crippen molar-refractivity contribution in [1.82, 2.24) is 15.4 Å². The minimum Gasteiger partial charge on any atom is -0.395 e. The Labute approximate surface area is 286 Å². The highest BCUT2D eigenvalue weighted by Crippen LogP contribution is 2.18. The third kappa shape index (κ3) is 28.5. The fourth-order valence-electron chi connectivity index (χ4n) is 5.31. The number of hydrogen-bond donors (Lipinski definition) is 6. The lowest BCUT2D eigenvalue weighted by Crippen LogP contribution is -2.45. The Hall–Kier alpha value is -2.21. The number of aliphatic hydroxyl groups excluding tert-OH is 2. The Balaban J connectivity index is 0.000000750. The topological polar surface area (TPSA) is 171 Å². The lowest BCUT2D eigenvalue weighted by Gasteiger charge is -2.22. The molecule has 1 aromatic rings. The average molecular weight is 685 g/mol. The van der Waals surface area contributed by atoms with E-state index in [1.165, 1.54) is 108 Å². The number of urea groups is 1. The van der Waals surface area contributed by atoms with Gasteiger partial charge in [0.05, 0.1) is 18.1 Å². The molecule has 2 rings (SSSR count). The van der Waals surface area contributed by atoms with E-state index in [9.17, 15) is 18.0 Å². The molecular formula is C36H68N4O6S. The smallest absolute Gasteiger partial charge is 0.328 e. The molecule has 1 aliphatic rings. The third-order valence-corrected chi connectivity index (χ3v) is 9.45. The van der Waals surface area contributed by atoms with Gasteiger partial charge in [-0.2, -0.15) is 0 Å². The van der Waals surface area contributed by atoms with E-state index in [1.807, 2.05) is 6.92 Å². The van der Waals surface area contributed by atoms with E-state index < -0.39 is 16.1 Å². The molecule has 274 valence electrons. The zero-order valence-corrected chi connectivity index (χ0v) is 30.4. The van der Waals surface area contributed by atoms with Crippen LogP contribution in [0.5, 0.6) is 0 Å². The standard InChI is InChI=1S/C18H37NO.C14H20N2O3S.C4H11NO2/c1-2-3-4-5-6-7-8-9-10-11-12-13-14-15-16-17-18(19)20;1-11-7-9-13(10-8-11)20(18,19)16-14(17)15-12-5-3-2-4-6-12;6-3-1-5-2-4-7/h2-17H2,1H3,(H2,19,20);7-10,12H,2-6H2,1H3,(H2,15,16,17);5-7H,1-4H2. The van der Waals surface area contributed by atoms with Gasteiger partial charge in [-0.3, -0.25) is 4.79 Å². The van der Waals surface area contributed by atoms with Crippen molar-refractivity contribution in [1.29, 1.82) is 0 Å². The molecule has 1 saturated carbocycles. The summed E-state index contributed by atoms with van der Waals surface area (Å²) in [4.78, 5) is 22.4.